The molecule has 0 aliphatic carbocycles. The first-order valence-electron chi connectivity index (χ1n) is 5.61. The van der Waals surface area contributed by atoms with Crippen molar-refractivity contribution in [1.29, 1.82) is 0 Å². The van der Waals surface area contributed by atoms with Crippen LogP contribution in [0.5, 0.6) is 0 Å². The lowest BCUT2D eigenvalue weighted by atomic mass is 10.0. The van der Waals surface area contributed by atoms with E-state index in [0.717, 1.165) is 25.9 Å². The fourth-order valence-electron chi connectivity index (χ4n) is 2.16. The van der Waals surface area contributed by atoms with Crippen molar-refractivity contribution in [3.8, 4) is 0 Å². The van der Waals surface area contributed by atoms with Gasteiger partial charge in [-0.2, -0.15) is 0 Å². The normalized spacial score (nSPS) is 19.3. The molecule has 1 saturated heterocycles. The zero-order valence-corrected chi connectivity index (χ0v) is 10.2. The van der Waals surface area contributed by atoms with Crippen molar-refractivity contribution in [2.45, 2.75) is 38.8 Å². The molecule has 1 amide bonds. The molecule has 0 radical (unpaired) electrons. The quantitative estimate of drug-likeness (QED) is 0.699. The number of amides is 1. The van der Waals surface area contributed by atoms with Crippen LogP contribution in [-0.2, 0) is 4.74 Å². The molecular weight excluding hydrogens is 192 g/mol. The third kappa shape index (κ3) is 3.09. The Balaban J connectivity index is 2.60. The summed E-state index contributed by atoms with van der Waals surface area (Å²) in [6.07, 6.45) is 1.90. The van der Waals surface area contributed by atoms with Gasteiger partial charge in [-0.25, -0.2) is 4.79 Å². The van der Waals surface area contributed by atoms with Crippen LogP contribution in [0.3, 0.4) is 0 Å². The first kappa shape index (κ1) is 12.3. The second-order valence-corrected chi connectivity index (χ2v) is 4.51. The number of piperidine rings is 1. The summed E-state index contributed by atoms with van der Waals surface area (Å²) in [7, 11) is 3.57. The van der Waals surface area contributed by atoms with Crippen LogP contribution in [0.2, 0.25) is 0 Å². The second-order valence-electron chi connectivity index (χ2n) is 4.51. The summed E-state index contributed by atoms with van der Waals surface area (Å²) in [6.45, 7) is 6.19. The number of carbonyl (C=O) groups excluding carboxylic acids is 1. The van der Waals surface area contributed by atoms with Crippen molar-refractivity contribution < 1.29 is 9.53 Å². The van der Waals surface area contributed by atoms with E-state index in [2.05, 4.69) is 11.9 Å². The van der Waals surface area contributed by atoms with Crippen molar-refractivity contribution in [1.82, 2.24) is 9.80 Å². The predicted molar refractivity (Wildman–Crippen MR) is 59.9 cm³/mol. The predicted octanol–water partition coefficient (Wildman–Crippen LogP) is 1.56. The zero-order chi connectivity index (χ0) is 11.4. The summed E-state index contributed by atoms with van der Waals surface area (Å²) < 4.78 is 4.83. The van der Waals surface area contributed by atoms with Crippen LogP contribution in [0.4, 0.5) is 4.79 Å². The highest BCUT2D eigenvalue weighted by atomic mass is 16.5. The number of rotatable bonds is 2. The number of ether oxygens (including phenoxy) is 1. The van der Waals surface area contributed by atoms with E-state index in [1.807, 2.05) is 18.7 Å². The van der Waals surface area contributed by atoms with Crippen LogP contribution in [0, 0.1) is 0 Å². The fourth-order valence-corrected chi connectivity index (χ4v) is 2.16. The smallest absolute Gasteiger partial charge is 0.409 e. The maximum atomic E-state index is 11.6. The Morgan fingerprint density at radius 1 is 1.40 bits per heavy atom. The Kier molecular flexibility index (Phi) is 4.39. The minimum Gasteiger partial charge on any atom is -0.453 e. The molecule has 15 heavy (non-hydrogen) atoms. The third-order valence-corrected chi connectivity index (χ3v) is 3.02. The first-order valence-corrected chi connectivity index (χ1v) is 5.61. The summed E-state index contributed by atoms with van der Waals surface area (Å²) >= 11 is 0. The lowest BCUT2D eigenvalue weighted by molar-refractivity contribution is 0.0672. The fraction of sp³-hybridized carbons (Fsp3) is 0.909. The molecule has 0 aromatic rings. The molecule has 1 fully saturated rings. The van der Waals surface area contributed by atoms with Gasteiger partial charge < -0.3 is 14.5 Å². The average molecular weight is 214 g/mol. The minimum atomic E-state index is -0.195. The average Bonchev–Trinajstić information content (AvgIpc) is 2.20. The number of hydrogen-bond acceptors (Lipinski definition) is 3. The van der Waals surface area contributed by atoms with Crippen LogP contribution in [0.25, 0.3) is 0 Å². The van der Waals surface area contributed by atoms with Gasteiger partial charge in [-0.05, 0) is 46.8 Å². The standard InChI is InChI=1S/C11H22N2O2/c1-9(2)13(11(14)15-4)10-5-7-12(3)8-6-10/h9-10H,5-8H2,1-4H3. The largest absolute Gasteiger partial charge is 0.453 e. The zero-order valence-electron chi connectivity index (χ0n) is 10.2. The lowest BCUT2D eigenvalue weighted by Crippen LogP contribution is -2.49. The van der Waals surface area contributed by atoms with Gasteiger partial charge >= 0.3 is 6.09 Å². The monoisotopic (exact) mass is 214 g/mol. The van der Waals surface area contributed by atoms with Crippen LogP contribution >= 0.6 is 0 Å². The molecule has 1 aliphatic heterocycles. The van der Waals surface area contributed by atoms with E-state index in [1.165, 1.54) is 7.11 Å². The molecule has 88 valence electrons. The highest BCUT2D eigenvalue weighted by molar-refractivity contribution is 5.68. The number of methoxy groups -OCH3 is 1. The van der Waals surface area contributed by atoms with Gasteiger partial charge in [0, 0.05) is 12.1 Å². The van der Waals surface area contributed by atoms with E-state index in [0.29, 0.717) is 6.04 Å². The molecule has 1 aliphatic rings. The summed E-state index contributed by atoms with van der Waals surface area (Å²) in [5, 5.41) is 0. The van der Waals surface area contributed by atoms with E-state index in [-0.39, 0.29) is 12.1 Å². The third-order valence-electron chi connectivity index (χ3n) is 3.02. The highest BCUT2D eigenvalue weighted by Gasteiger charge is 2.29. The molecular formula is C11H22N2O2. The maximum absolute atomic E-state index is 11.6. The Bertz CT molecular complexity index is 211. The summed E-state index contributed by atoms with van der Waals surface area (Å²) in [5.41, 5.74) is 0. The van der Waals surface area contributed by atoms with Crippen molar-refractivity contribution in [3.63, 3.8) is 0 Å². The van der Waals surface area contributed by atoms with Crippen LogP contribution in [0.1, 0.15) is 26.7 Å². The lowest BCUT2D eigenvalue weighted by Gasteiger charge is -2.38. The van der Waals surface area contributed by atoms with Gasteiger partial charge in [-0.15, -0.1) is 0 Å². The van der Waals surface area contributed by atoms with Crippen LogP contribution < -0.4 is 0 Å². The van der Waals surface area contributed by atoms with Gasteiger partial charge in [0.25, 0.3) is 0 Å². The van der Waals surface area contributed by atoms with Crippen LogP contribution in [0.15, 0.2) is 0 Å². The summed E-state index contributed by atoms with van der Waals surface area (Å²) in [6, 6.07) is 0.555. The van der Waals surface area contributed by atoms with Gasteiger partial charge in [0.2, 0.25) is 0 Å². The van der Waals surface area contributed by atoms with Gasteiger partial charge in [-0.3, -0.25) is 0 Å². The molecule has 0 aromatic heterocycles. The van der Waals surface area contributed by atoms with Gasteiger partial charge in [-0.1, -0.05) is 0 Å². The second kappa shape index (κ2) is 5.35. The van der Waals surface area contributed by atoms with Crippen molar-refractivity contribution in [3.05, 3.63) is 0 Å². The molecule has 1 rings (SSSR count). The molecule has 0 saturated carbocycles. The molecule has 4 heteroatoms. The van der Waals surface area contributed by atoms with Crippen molar-refractivity contribution in [2.24, 2.45) is 0 Å². The SMILES string of the molecule is COC(=O)N(C(C)C)C1CCN(C)CC1. The van der Waals surface area contributed by atoms with E-state index in [4.69, 9.17) is 4.74 Å². The number of nitrogens with zero attached hydrogens (tertiary/aromatic N) is 2. The molecule has 0 atom stereocenters. The van der Waals surface area contributed by atoms with Crippen molar-refractivity contribution in [2.75, 3.05) is 27.2 Å². The Labute approximate surface area is 92.2 Å². The number of hydrogen-bond donors (Lipinski definition) is 0. The summed E-state index contributed by atoms with van der Waals surface area (Å²) in [4.78, 5) is 15.8. The summed E-state index contributed by atoms with van der Waals surface area (Å²) in [5.74, 6) is 0. The van der Waals surface area contributed by atoms with E-state index in [9.17, 15) is 4.79 Å². The van der Waals surface area contributed by atoms with E-state index < -0.39 is 0 Å². The Morgan fingerprint density at radius 3 is 2.33 bits per heavy atom. The van der Waals surface area contributed by atoms with E-state index in [1.54, 1.807) is 0 Å². The maximum Gasteiger partial charge on any atom is 0.409 e. The van der Waals surface area contributed by atoms with Gasteiger partial charge in [0.05, 0.1) is 7.11 Å². The van der Waals surface area contributed by atoms with Crippen molar-refractivity contribution >= 4 is 6.09 Å². The molecule has 0 bridgehead atoms. The molecule has 4 nitrogen and oxygen atoms in total. The Hall–Kier alpha value is -0.770. The first-order chi connectivity index (χ1) is 7.06. The molecule has 0 unspecified atom stereocenters. The van der Waals surface area contributed by atoms with Gasteiger partial charge in [0.1, 0.15) is 0 Å². The minimum absolute atomic E-state index is 0.195. The molecule has 0 spiro atoms. The number of carbonyl (C=O) groups is 1. The highest BCUT2D eigenvalue weighted by Crippen LogP contribution is 2.18. The van der Waals surface area contributed by atoms with E-state index >= 15 is 0 Å². The van der Waals surface area contributed by atoms with Gasteiger partial charge in [0.15, 0.2) is 0 Å². The molecule has 0 N–H and O–H groups in total. The number of likely N-dealkylation sites (tertiary alicyclic amines) is 1. The molecule has 1 heterocycles. The Morgan fingerprint density at radius 2 is 1.93 bits per heavy atom. The topological polar surface area (TPSA) is 32.8 Å². The molecule has 0 aromatic carbocycles. The van der Waals surface area contributed by atoms with Crippen LogP contribution in [-0.4, -0.2) is 55.2 Å².